The number of hydrogen-bond acceptors (Lipinski definition) is 9. The van der Waals surface area contributed by atoms with Gasteiger partial charge in [0.05, 0.1) is 23.8 Å². The SMILES string of the molecule is CCOC(=O)Cn1cc(-c2nc(C3(c4ccc(-c5cnc(N)nc5)cc4)CCC3)no2)cn1. The predicted octanol–water partition coefficient (Wildman–Crippen LogP) is 3.01. The fourth-order valence-electron chi connectivity index (χ4n) is 4.08. The number of hydrogen-bond donors (Lipinski definition) is 1. The molecule has 0 amide bonds. The van der Waals surface area contributed by atoms with E-state index in [1.54, 1.807) is 31.7 Å². The van der Waals surface area contributed by atoms with Gasteiger partial charge in [0, 0.05) is 24.2 Å². The molecule has 10 nitrogen and oxygen atoms in total. The van der Waals surface area contributed by atoms with Crippen molar-refractivity contribution in [2.75, 3.05) is 12.3 Å². The molecule has 1 aromatic carbocycles. The maximum absolute atomic E-state index is 11.7. The normalized spacial score (nSPS) is 14.6. The molecule has 1 aliphatic rings. The molecule has 0 saturated heterocycles. The molecule has 33 heavy (non-hydrogen) atoms. The minimum Gasteiger partial charge on any atom is -0.465 e. The van der Waals surface area contributed by atoms with Crippen LogP contribution in [-0.2, 0) is 21.5 Å². The van der Waals surface area contributed by atoms with Gasteiger partial charge in [0.25, 0.3) is 5.89 Å². The average molecular weight is 445 g/mol. The molecule has 5 rings (SSSR count). The first-order valence-electron chi connectivity index (χ1n) is 10.8. The Morgan fingerprint density at radius 3 is 2.55 bits per heavy atom. The van der Waals surface area contributed by atoms with Gasteiger partial charge in [-0.25, -0.2) is 9.97 Å². The van der Waals surface area contributed by atoms with Gasteiger partial charge in [-0.05, 0) is 30.9 Å². The van der Waals surface area contributed by atoms with Gasteiger partial charge in [0.2, 0.25) is 5.95 Å². The first kappa shape index (κ1) is 20.8. The molecule has 3 heterocycles. The van der Waals surface area contributed by atoms with Crippen molar-refractivity contribution in [3.05, 3.63) is 60.4 Å². The van der Waals surface area contributed by atoms with E-state index in [1.165, 1.54) is 4.68 Å². The topological polar surface area (TPSA) is 135 Å². The Hall–Kier alpha value is -4.08. The van der Waals surface area contributed by atoms with Crippen molar-refractivity contribution in [1.29, 1.82) is 0 Å². The van der Waals surface area contributed by atoms with Crippen LogP contribution in [0.3, 0.4) is 0 Å². The zero-order chi connectivity index (χ0) is 22.8. The smallest absolute Gasteiger partial charge is 0.327 e. The molecule has 1 fully saturated rings. The summed E-state index contributed by atoms with van der Waals surface area (Å²) in [4.78, 5) is 24.5. The number of nitrogens with two attached hydrogens (primary N) is 1. The molecule has 168 valence electrons. The van der Waals surface area contributed by atoms with Crippen LogP contribution in [0.25, 0.3) is 22.6 Å². The minimum atomic E-state index is -0.347. The van der Waals surface area contributed by atoms with Crippen LogP contribution in [0.15, 0.2) is 53.6 Å². The maximum Gasteiger partial charge on any atom is 0.327 e. The van der Waals surface area contributed by atoms with Gasteiger partial charge in [-0.3, -0.25) is 9.48 Å². The van der Waals surface area contributed by atoms with Crippen molar-refractivity contribution in [2.24, 2.45) is 0 Å². The highest BCUT2D eigenvalue weighted by molar-refractivity contribution is 5.69. The lowest BCUT2D eigenvalue weighted by Crippen LogP contribution is -2.36. The third kappa shape index (κ3) is 3.95. The van der Waals surface area contributed by atoms with Crippen molar-refractivity contribution in [2.45, 2.75) is 38.1 Å². The summed E-state index contributed by atoms with van der Waals surface area (Å²) >= 11 is 0. The van der Waals surface area contributed by atoms with Gasteiger partial charge >= 0.3 is 5.97 Å². The monoisotopic (exact) mass is 445 g/mol. The highest BCUT2D eigenvalue weighted by atomic mass is 16.5. The van der Waals surface area contributed by atoms with E-state index in [0.29, 0.717) is 23.9 Å². The molecule has 0 spiro atoms. The molecular formula is C23H23N7O3. The number of carbonyl (C=O) groups is 1. The largest absolute Gasteiger partial charge is 0.465 e. The van der Waals surface area contributed by atoms with Crippen LogP contribution in [0.4, 0.5) is 5.95 Å². The van der Waals surface area contributed by atoms with Crippen molar-refractivity contribution in [3.8, 4) is 22.6 Å². The lowest BCUT2D eigenvalue weighted by Gasteiger charge is -2.39. The first-order valence-corrected chi connectivity index (χ1v) is 10.8. The molecule has 0 atom stereocenters. The number of carbonyl (C=O) groups excluding carboxylic acids is 1. The Morgan fingerprint density at radius 1 is 1.12 bits per heavy atom. The van der Waals surface area contributed by atoms with Gasteiger partial charge < -0.3 is 15.0 Å². The van der Waals surface area contributed by atoms with Crippen LogP contribution < -0.4 is 5.73 Å². The Kier molecular flexibility index (Phi) is 5.33. The summed E-state index contributed by atoms with van der Waals surface area (Å²) in [6.45, 7) is 2.13. The molecule has 0 aliphatic heterocycles. The van der Waals surface area contributed by atoms with Crippen molar-refractivity contribution in [3.63, 3.8) is 0 Å². The molecule has 1 saturated carbocycles. The van der Waals surface area contributed by atoms with E-state index in [-0.39, 0.29) is 23.9 Å². The summed E-state index contributed by atoms with van der Waals surface area (Å²) in [6.07, 6.45) is 9.71. The number of nitrogens with zero attached hydrogens (tertiary/aromatic N) is 6. The molecule has 2 N–H and O–H groups in total. The zero-order valence-electron chi connectivity index (χ0n) is 18.1. The standard InChI is InChI=1S/C23H23N7O3/c1-2-32-19(31)14-30-13-17(12-27-30)20-28-21(29-33-20)23(8-3-9-23)18-6-4-15(5-7-18)16-10-25-22(24)26-11-16/h4-7,10-13H,2-3,8-9,14H2,1H3,(H2,24,25,26). The second kappa shape index (κ2) is 8.45. The minimum absolute atomic E-state index is 0.0319. The Morgan fingerprint density at radius 2 is 1.88 bits per heavy atom. The van der Waals surface area contributed by atoms with E-state index in [1.807, 2.05) is 12.1 Å². The number of ether oxygens (including phenoxy) is 1. The summed E-state index contributed by atoms with van der Waals surface area (Å²) in [6, 6.07) is 8.28. The third-order valence-electron chi connectivity index (χ3n) is 5.98. The van der Waals surface area contributed by atoms with Crippen LogP contribution in [0.5, 0.6) is 0 Å². The lowest BCUT2D eigenvalue weighted by atomic mass is 9.64. The summed E-state index contributed by atoms with van der Waals surface area (Å²) in [5, 5.41) is 8.50. The molecule has 1 aliphatic carbocycles. The average Bonchev–Trinajstić information content (AvgIpc) is 3.44. The van der Waals surface area contributed by atoms with Crippen LogP contribution >= 0.6 is 0 Å². The molecule has 0 unspecified atom stereocenters. The van der Waals surface area contributed by atoms with Crippen molar-refractivity contribution >= 4 is 11.9 Å². The summed E-state index contributed by atoms with van der Waals surface area (Å²) in [5.41, 5.74) is 9.01. The molecule has 0 radical (unpaired) electrons. The van der Waals surface area contributed by atoms with Crippen LogP contribution in [0.1, 0.15) is 37.6 Å². The highest BCUT2D eigenvalue weighted by Gasteiger charge is 2.44. The van der Waals surface area contributed by atoms with E-state index in [2.05, 4.69) is 37.3 Å². The molecule has 10 heteroatoms. The van der Waals surface area contributed by atoms with E-state index in [4.69, 9.17) is 15.0 Å². The highest BCUT2D eigenvalue weighted by Crippen LogP contribution is 2.48. The molecule has 3 aromatic heterocycles. The Balaban J connectivity index is 1.37. The summed E-state index contributed by atoms with van der Waals surface area (Å²) in [7, 11) is 0. The zero-order valence-corrected chi connectivity index (χ0v) is 18.1. The number of esters is 1. The van der Waals surface area contributed by atoms with E-state index < -0.39 is 0 Å². The van der Waals surface area contributed by atoms with Crippen LogP contribution in [0.2, 0.25) is 0 Å². The Labute approximate surface area is 189 Å². The second-order valence-corrected chi connectivity index (χ2v) is 8.00. The first-order chi connectivity index (χ1) is 16.1. The number of aromatic nitrogens is 6. The lowest BCUT2D eigenvalue weighted by molar-refractivity contribution is -0.144. The number of benzene rings is 1. The Bertz CT molecular complexity index is 1260. The van der Waals surface area contributed by atoms with Crippen LogP contribution in [-0.4, -0.2) is 42.5 Å². The van der Waals surface area contributed by atoms with Gasteiger partial charge in [-0.2, -0.15) is 10.1 Å². The van der Waals surface area contributed by atoms with Crippen molar-refractivity contribution in [1.82, 2.24) is 29.9 Å². The van der Waals surface area contributed by atoms with E-state index >= 15 is 0 Å². The second-order valence-electron chi connectivity index (χ2n) is 8.00. The third-order valence-corrected chi connectivity index (χ3v) is 5.98. The molecular weight excluding hydrogens is 422 g/mol. The van der Waals surface area contributed by atoms with Crippen molar-refractivity contribution < 1.29 is 14.1 Å². The van der Waals surface area contributed by atoms with E-state index in [0.717, 1.165) is 36.0 Å². The van der Waals surface area contributed by atoms with Gasteiger partial charge in [0.15, 0.2) is 5.82 Å². The number of rotatable bonds is 7. The van der Waals surface area contributed by atoms with Gasteiger partial charge in [0.1, 0.15) is 6.54 Å². The van der Waals surface area contributed by atoms with Crippen LogP contribution in [0, 0.1) is 0 Å². The molecule has 4 aromatic rings. The predicted molar refractivity (Wildman–Crippen MR) is 119 cm³/mol. The van der Waals surface area contributed by atoms with Gasteiger partial charge in [-0.1, -0.05) is 35.8 Å². The fraction of sp³-hybridized carbons (Fsp3) is 0.304. The number of nitrogen functional groups attached to an aromatic ring is 1. The summed E-state index contributed by atoms with van der Waals surface area (Å²) in [5.74, 6) is 0.941. The molecule has 0 bridgehead atoms. The number of anilines is 1. The fourth-order valence-corrected chi connectivity index (χ4v) is 4.08. The maximum atomic E-state index is 11.7. The van der Waals surface area contributed by atoms with E-state index in [9.17, 15) is 4.79 Å². The van der Waals surface area contributed by atoms with Gasteiger partial charge in [-0.15, -0.1) is 0 Å². The quantitative estimate of drug-likeness (QED) is 0.426. The summed E-state index contributed by atoms with van der Waals surface area (Å²) < 4.78 is 12.0.